The second-order valence-electron chi connectivity index (χ2n) is 2.80. The monoisotopic (exact) mass is 214 g/mol. The van der Waals surface area contributed by atoms with Crippen molar-refractivity contribution in [1.82, 2.24) is 9.97 Å². The summed E-state index contributed by atoms with van der Waals surface area (Å²) in [7, 11) is 0. The number of aryl methyl sites for hydroxylation is 1. The molecule has 0 fully saturated rings. The van der Waals surface area contributed by atoms with Gasteiger partial charge in [-0.2, -0.15) is 0 Å². The zero-order valence-corrected chi connectivity index (χ0v) is 8.84. The van der Waals surface area contributed by atoms with Gasteiger partial charge in [0.2, 0.25) is 0 Å². The van der Waals surface area contributed by atoms with Crippen LogP contribution in [0, 0.1) is 6.92 Å². The SMILES string of the molecule is CCCC(=O)Oc1c(C)ncnc1Cl. The summed E-state index contributed by atoms with van der Waals surface area (Å²) in [5, 5.41) is 0.168. The first-order valence-corrected chi connectivity index (χ1v) is 4.70. The molecule has 5 heteroatoms. The molecule has 0 spiro atoms. The fourth-order valence-corrected chi connectivity index (χ4v) is 1.14. The number of halogens is 1. The third kappa shape index (κ3) is 2.67. The highest BCUT2D eigenvalue weighted by Gasteiger charge is 2.11. The predicted molar refractivity (Wildman–Crippen MR) is 52.3 cm³/mol. The maximum Gasteiger partial charge on any atom is 0.311 e. The number of aromatic nitrogens is 2. The Bertz CT molecular complexity index is 321. The van der Waals surface area contributed by atoms with Crippen LogP contribution in [-0.4, -0.2) is 15.9 Å². The highest BCUT2D eigenvalue weighted by molar-refractivity contribution is 6.31. The number of nitrogens with zero attached hydrogens (tertiary/aromatic N) is 2. The van der Waals surface area contributed by atoms with E-state index in [0.29, 0.717) is 12.1 Å². The van der Waals surface area contributed by atoms with Gasteiger partial charge in [-0.25, -0.2) is 9.97 Å². The second kappa shape index (κ2) is 4.91. The Hall–Kier alpha value is -1.16. The summed E-state index contributed by atoms with van der Waals surface area (Å²) in [5.41, 5.74) is 0.564. The maximum atomic E-state index is 11.2. The quantitative estimate of drug-likeness (QED) is 0.572. The smallest absolute Gasteiger partial charge is 0.311 e. The number of hydrogen-bond donors (Lipinski definition) is 0. The highest BCUT2D eigenvalue weighted by atomic mass is 35.5. The van der Waals surface area contributed by atoms with Crippen LogP contribution < -0.4 is 4.74 Å². The Balaban J connectivity index is 2.80. The molecular weight excluding hydrogens is 204 g/mol. The van der Waals surface area contributed by atoms with Crippen LogP contribution in [0.4, 0.5) is 0 Å². The minimum atomic E-state index is -0.313. The van der Waals surface area contributed by atoms with E-state index in [2.05, 4.69) is 9.97 Å². The summed E-state index contributed by atoms with van der Waals surface area (Å²) in [6.45, 7) is 3.61. The summed E-state index contributed by atoms with van der Waals surface area (Å²) in [6, 6.07) is 0. The minimum absolute atomic E-state index is 0.168. The summed E-state index contributed by atoms with van der Waals surface area (Å²) in [5.74, 6) is -0.0556. The molecule has 76 valence electrons. The van der Waals surface area contributed by atoms with Crippen molar-refractivity contribution >= 4 is 17.6 Å². The highest BCUT2D eigenvalue weighted by Crippen LogP contribution is 2.24. The third-order valence-corrected chi connectivity index (χ3v) is 1.88. The lowest BCUT2D eigenvalue weighted by Crippen LogP contribution is -2.09. The number of carbonyl (C=O) groups excluding carboxylic acids is 1. The van der Waals surface area contributed by atoms with Crippen LogP contribution in [0.15, 0.2) is 6.33 Å². The Morgan fingerprint density at radius 3 is 2.86 bits per heavy atom. The molecule has 1 aromatic rings. The first kappa shape index (κ1) is 10.9. The van der Waals surface area contributed by atoms with Crippen LogP contribution in [-0.2, 0) is 4.79 Å². The van der Waals surface area contributed by atoms with E-state index in [0.717, 1.165) is 6.42 Å². The predicted octanol–water partition coefficient (Wildman–Crippen LogP) is 2.14. The molecule has 14 heavy (non-hydrogen) atoms. The first-order valence-electron chi connectivity index (χ1n) is 4.33. The van der Waals surface area contributed by atoms with E-state index >= 15 is 0 Å². The van der Waals surface area contributed by atoms with Crippen molar-refractivity contribution in [2.75, 3.05) is 0 Å². The van der Waals surface area contributed by atoms with E-state index in [9.17, 15) is 4.79 Å². The van der Waals surface area contributed by atoms with Gasteiger partial charge < -0.3 is 4.74 Å². The molecule has 0 N–H and O–H groups in total. The number of esters is 1. The van der Waals surface area contributed by atoms with Crippen LogP contribution in [0.25, 0.3) is 0 Å². The average molecular weight is 215 g/mol. The molecule has 0 aliphatic heterocycles. The molecule has 0 radical (unpaired) electrons. The van der Waals surface area contributed by atoms with E-state index in [1.165, 1.54) is 6.33 Å². The van der Waals surface area contributed by atoms with Gasteiger partial charge in [0, 0.05) is 6.42 Å². The van der Waals surface area contributed by atoms with E-state index < -0.39 is 0 Å². The van der Waals surface area contributed by atoms with E-state index in [1.54, 1.807) is 6.92 Å². The number of carbonyl (C=O) groups is 1. The lowest BCUT2D eigenvalue weighted by Gasteiger charge is -2.06. The van der Waals surface area contributed by atoms with Crippen LogP contribution >= 0.6 is 11.6 Å². The Kier molecular flexibility index (Phi) is 3.83. The van der Waals surface area contributed by atoms with Crippen LogP contribution in [0.2, 0.25) is 5.15 Å². The van der Waals surface area contributed by atoms with Crippen molar-refractivity contribution in [2.45, 2.75) is 26.7 Å². The van der Waals surface area contributed by atoms with E-state index in [-0.39, 0.29) is 16.9 Å². The Labute approximate surface area is 87.3 Å². The molecule has 0 unspecified atom stereocenters. The molecule has 1 aromatic heterocycles. The minimum Gasteiger partial charge on any atom is -0.421 e. The zero-order chi connectivity index (χ0) is 10.6. The number of hydrogen-bond acceptors (Lipinski definition) is 4. The van der Waals surface area contributed by atoms with Crippen molar-refractivity contribution in [2.24, 2.45) is 0 Å². The van der Waals surface area contributed by atoms with Gasteiger partial charge in [0.05, 0.1) is 5.69 Å². The summed E-state index contributed by atoms with van der Waals surface area (Å²) in [4.78, 5) is 18.8. The van der Waals surface area contributed by atoms with Gasteiger partial charge >= 0.3 is 5.97 Å². The molecule has 0 saturated heterocycles. The van der Waals surface area contributed by atoms with Gasteiger partial charge in [-0.05, 0) is 13.3 Å². The molecule has 0 bridgehead atoms. The Morgan fingerprint density at radius 1 is 1.57 bits per heavy atom. The molecule has 0 amide bonds. The fraction of sp³-hybridized carbons (Fsp3) is 0.444. The first-order chi connectivity index (χ1) is 6.65. The fourth-order valence-electron chi connectivity index (χ4n) is 0.918. The van der Waals surface area contributed by atoms with Gasteiger partial charge in [0.15, 0.2) is 10.9 Å². The topological polar surface area (TPSA) is 52.1 Å². The van der Waals surface area contributed by atoms with Crippen molar-refractivity contribution in [3.63, 3.8) is 0 Å². The van der Waals surface area contributed by atoms with Gasteiger partial charge in [-0.15, -0.1) is 0 Å². The molecule has 4 nitrogen and oxygen atoms in total. The molecule has 0 saturated carbocycles. The van der Waals surface area contributed by atoms with Crippen molar-refractivity contribution in [3.8, 4) is 5.75 Å². The average Bonchev–Trinajstić information content (AvgIpc) is 2.12. The molecule has 0 aromatic carbocycles. The van der Waals surface area contributed by atoms with Crippen LogP contribution in [0.5, 0.6) is 5.75 Å². The molecular formula is C9H11ClN2O2. The summed E-state index contributed by atoms with van der Waals surface area (Å²) >= 11 is 5.75. The Morgan fingerprint density at radius 2 is 2.29 bits per heavy atom. The van der Waals surface area contributed by atoms with Crippen LogP contribution in [0.3, 0.4) is 0 Å². The van der Waals surface area contributed by atoms with E-state index in [4.69, 9.17) is 16.3 Å². The van der Waals surface area contributed by atoms with Gasteiger partial charge in [-0.3, -0.25) is 4.79 Å². The molecule has 0 aliphatic rings. The van der Waals surface area contributed by atoms with Crippen LogP contribution in [0.1, 0.15) is 25.5 Å². The summed E-state index contributed by atoms with van der Waals surface area (Å²) in [6.07, 6.45) is 2.43. The summed E-state index contributed by atoms with van der Waals surface area (Å²) < 4.78 is 5.02. The standard InChI is InChI=1S/C9H11ClN2O2/c1-3-4-7(13)14-8-6(2)11-5-12-9(8)10/h5H,3-4H2,1-2H3. The van der Waals surface area contributed by atoms with Crippen molar-refractivity contribution in [3.05, 3.63) is 17.2 Å². The lowest BCUT2D eigenvalue weighted by atomic mass is 10.3. The molecule has 1 rings (SSSR count). The third-order valence-electron chi connectivity index (χ3n) is 1.61. The van der Waals surface area contributed by atoms with Crippen molar-refractivity contribution in [1.29, 1.82) is 0 Å². The number of rotatable bonds is 3. The molecule has 1 heterocycles. The lowest BCUT2D eigenvalue weighted by molar-refractivity contribution is -0.134. The molecule has 0 atom stereocenters. The normalized spacial score (nSPS) is 9.93. The maximum absolute atomic E-state index is 11.2. The van der Waals surface area contributed by atoms with Gasteiger partial charge in [0.25, 0.3) is 0 Å². The van der Waals surface area contributed by atoms with Gasteiger partial charge in [0.1, 0.15) is 6.33 Å². The van der Waals surface area contributed by atoms with Crippen molar-refractivity contribution < 1.29 is 9.53 Å². The molecule has 0 aliphatic carbocycles. The van der Waals surface area contributed by atoms with E-state index in [1.807, 2.05) is 6.92 Å². The largest absolute Gasteiger partial charge is 0.421 e. The zero-order valence-electron chi connectivity index (χ0n) is 8.08. The second-order valence-corrected chi connectivity index (χ2v) is 3.16. The van der Waals surface area contributed by atoms with Gasteiger partial charge in [-0.1, -0.05) is 18.5 Å². The number of ether oxygens (including phenoxy) is 1.